The molecular weight excluding hydrogens is 348 g/mol. The number of nitrogens with zero attached hydrogens (tertiary/aromatic N) is 3. The first-order valence-corrected chi connectivity index (χ1v) is 9.20. The Bertz CT molecular complexity index is 987. The maximum absolute atomic E-state index is 12.6. The van der Waals surface area contributed by atoms with E-state index in [-0.39, 0.29) is 17.3 Å². The Labute approximate surface area is 156 Å². The van der Waals surface area contributed by atoms with Crippen LogP contribution in [0.15, 0.2) is 35.7 Å². The van der Waals surface area contributed by atoms with Crippen LogP contribution in [-0.4, -0.2) is 37.1 Å². The first kappa shape index (κ1) is 18.1. The number of carbonyl (C=O) groups is 2. The van der Waals surface area contributed by atoms with Crippen LogP contribution in [0.1, 0.15) is 44.6 Å². The van der Waals surface area contributed by atoms with Gasteiger partial charge in [-0.3, -0.25) is 14.2 Å². The molecule has 0 saturated heterocycles. The van der Waals surface area contributed by atoms with Crippen molar-refractivity contribution in [3.63, 3.8) is 0 Å². The van der Waals surface area contributed by atoms with Crippen LogP contribution in [0.4, 0.5) is 0 Å². The van der Waals surface area contributed by atoms with Gasteiger partial charge in [-0.25, -0.2) is 0 Å². The molecule has 3 aromatic rings. The zero-order valence-corrected chi connectivity index (χ0v) is 16.0. The molecular formula is C19H20N4O2S. The second-order valence-electron chi connectivity index (χ2n) is 6.16. The lowest BCUT2D eigenvalue weighted by Gasteiger charge is -2.08. The second-order valence-corrected chi connectivity index (χ2v) is 7.11. The summed E-state index contributed by atoms with van der Waals surface area (Å²) in [5.41, 5.74) is 4.61. The van der Waals surface area contributed by atoms with Gasteiger partial charge in [-0.1, -0.05) is 30.0 Å². The number of carbonyl (C=O) groups excluding carboxylic acids is 2. The number of aryl methyl sites for hydroxylation is 2. The first-order valence-electron chi connectivity index (χ1n) is 8.22. The zero-order chi connectivity index (χ0) is 18.8. The fraction of sp³-hybridized carbons (Fsp3) is 0.263. The topological polar surface area (TPSA) is 80.6 Å². The van der Waals surface area contributed by atoms with Gasteiger partial charge < -0.3 is 4.98 Å². The third kappa shape index (κ3) is 3.35. The van der Waals surface area contributed by atoms with Crippen LogP contribution in [0.25, 0.3) is 5.69 Å². The van der Waals surface area contributed by atoms with Gasteiger partial charge in [0, 0.05) is 11.3 Å². The normalized spacial score (nSPS) is 10.9. The van der Waals surface area contributed by atoms with Crippen molar-refractivity contribution >= 4 is 23.3 Å². The summed E-state index contributed by atoms with van der Waals surface area (Å²) in [6.07, 6.45) is 1.65. The van der Waals surface area contributed by atoms with Gasteiger partial charge in [0.25, 0.3) is 0 Å². The number of Topliss-reactive ketones (excluding diaryl/α,β-unsaturated/α-hetero) is 2. The summed E-state index contributed by atoms with van der Waals surface area (Å²) in [7, 11) is 0. The van der Waals surface area contributed by atoms with E-state index in [0.29, 0.717) is 22.0 Å². The third-order valence-electron chi connectivity index (χ3n) is 4.29. The number of aromatic amines is 1. The van der Waals surface area contributed by atoms with E-state index in [9.17, 15) is 9.59 Å². The molecule has 0 bridgehead atoms. The van der Waals surface area contributed by atoms with Crippen molar-refractivity contribution in [2.45, 2.75) is 32.9 Å². The predicted molar refractivity (Wildman–Crippen MR) is 101 cm³/mol. The highest BCUT2D eigenvalue weighted by atomic mass is 32.2. The monoisotopic (exact) mass is 368 g/mol. The molecule has 0 radical (unpaired) electrons. The molecule has 0 aliphatic rings. The largest absolute Gasteiger partial charge is 0.355 e. The van der Waals surface area contributed by atoms with E-state index in [1.54, 1.807) is 13.3 Å². The van der Waals surface area contributed by atoms with Crippen LogP contribution in [-0.2, 0) is 0 Å². The zero-order valence-electron chi connectivity index (χ0n) is 15.2. The summed E-state index contributed by atoms with van der Waals surface area (Å²) in [6, 6.07) is 7.93. The number of rotatable bonds is 6. The molecule has 0 unspecified atom stereocenters. The third-order valence-corrected chi connectivity index (χ3v) is 5.24. The molecule has 2 heterocycles. The van der Waals surface area contributed by atoms with Gasteiger partial charge in [0.1, 0.15) is 6.33 Å². The van der Waals surface area contributed by atoms with Gasteiger partial charge in [-0.2, -0.15) is 0 Å². The lowest BCUT2D eigenvalue weighted by Crippen LogP contribution is -2.07. The Hall–Kier alpha value is -2.67. The SMILES string of the molecule is CC(=O)c1c(C)[nH]c(C(=O)CSc2nncn2-c2ccccc2C)c1C. The Morgan fingerprint density at radius 3 is 2.58 bits per heavy atom. The predicted octanol–water partition coefficient (Wildman–Crippen LogP) is 3.70. The Balaban J connectivity index is 1.80. The first-order chi connectivity index (χ1) is 12.4. The number of aromatic nitrogens is 4. The van der Waals surface area contributed by atoms with Gasteiger partial charge in [0.2, 0.25) is 0 Å². The van der Waals surface area contributed by atoms with Crippen molar-refractivity contribution in [2.75, 3.05) is 5.75 Å². The van der Waals surface area contributed by atoms with Crippen molar-refractivity contribution in [2.24, 2.45) is 0 Å². The smallest absolute Gasteiger partial charge is 0.196 e. The fourth-order valence-electron chi connectivity index (χ4n) is 3.08. The molecule has 0 amide bonds. The molecule has 3 rings (SSSR count). The number of para-hydroxylation sites is 1. The van der Waals surface area contributed by atoms with Crippen LogP contribution < -0.4 is 0 Å². The van der Waals surface area contributed by atoms with E-state index in [1.165, 1.54) is 18.7 Å². The maximum atomic E-state index is 12.6. The Kier molecular flexibility index (Phi) is 5.08. The summed E-state index contributed by atoms with van der Waals surface area (Å²) in [5.74, 6) is 0.104. The molecule has 26 heavy (non-hydrogen) atoms. The van der Waals surface area contributed by atoms with Crippen LogP contribution in [0.3, 0.4) is 0 Å². The average molecular weight is 368 g/mol. The van der Waals surface area contributed by atoms with Gasteiger partial charge in [-0.15, -0.1) is 10.2 Å². The number of nitrogens with one attached hydrogen (secondary N) is 1. The maximum Gasteiger partial charge on any atom is 0.196 e. The van der Waals surface area contributed by atoms with Crippen LogP contribution in [0.2, 0.25) is 0 Å². The Morgan fingerprint density at radius 1 is 1.19 bits per heavy atom. The summed E-state index contributed by atoms with van der Waals surface area (Å²) in [4.78, 5) is 27.4. The molecule has 0 spiro atoms. The fourth-order valence-corrected chi connectivity index (χ4v) is 3.87. The molecule has 0 fully saturated rings. The summed E-state index contributed by atoms with van der Waals surface area (Å²) in [5, 5.41) is 8.76. The van der Waals surface area contributed by atoms with Gasteiger partial charge in [0.15, 0.2) is 16.7 Å². The van der Waals surface area contributed by atoms with Gasteiger partial charge >= 0.3 is 0 Å². The molecule has 0 aliphatic heterocycles. The van der Waals surface area contributed by atoms with Crippen molar-refractivity contribution in [1.82, 2.24) is 19.7 Å². The molecule has 6 nitrogen and oxygen atoms in total. The molecule has 0 aliphatic carbocycles. The standard InChI is InChI=1S/C19H20N4O2S/c1-11-7-5-6-8-15(11)23-10-20-22-19(23)26-9-16(25)18-12(2)17(14(4)24)13(3)21-18/h5-8,10,21H,9H2,1-4H3. The lowest BCUT2D eigenvalue weighted by molar-refractivity contribution is 0.101. The van der Waals surface area contributed by atoms with E-state index >= 15 is 0 Å². The molecule has 1 N–H and O–H groups in total. The number of thioether (sulfide) groups is 1. The summed E-state index contributed by atoms with van der Waals surface area (Å²) < 4.78 is 1.88. The van der Waals surface area contributed by atoms with Crippen molar-refractivity contribution in [1.29, 1.82) is 0 Å². The molecule has 0 atom stereocenters. The minimum Gasteiger partial charge on any atom is -0.355 e. The van der Waals surface area contributed by atoms with Crippen LogP contribution in [0, 0.1) is 20.8 Å². The van der Waals surface area contributed by atoms with Crippen molar-refractivity contribution < 1.29 is 9.59 Å². The summed E-state index contributed by atoms with van der Waals surface area (Å²) in [6.45, 7) is 7.14. The van der Waals surface area contributed by atoms with Crippen molar-refractivity contribution in [3.8, 4) is 5.69 Å². The average Bonchev–Trinajstić information content (AvgIpc) is 3.17. The second kappa shape index (κ2) is 7.29. The van der Waals surface area contributed by atoms with E-state index in [0.717, 1.165) is 16.9 Å². The quantitative estimate of drug-likeness (QED) is 0.530. The minimum absolute atomic E-state index is 0.0396. The lowest BCUT2D eigenvalue weighted by atomic mass is 10.1. The van der Waals surface area contributed by atoms with E-state index in [2.05, 4.69) is 15.2 Å². The highest BCUT2D eigenvalue weighted by molar-refractivity contribution is 7.99. The molecule has 134 valence electrons. The highest BCUT2D eigenvalue weighted by Gasteiger charge is 2.20. The van der Waals surface area contributed by atoms with Crippen molar-refractivity contribution in [3.05, 3.63) is 58.7 Å². The molecule has 2 aromatic heterocycles. The highest BCUT2D eigenvalue weighted by Crippen LogP contribution is 2.24. The minimum atomic E-state index is -0.0672. The van der Waals surface area contributed by atoms with Crippen LogP contribution in [0.5, 0.6) is 0 Å². The number of ketones is 2. The number of hydrogen-bond acceptors (Lipinski definition) is 5. The van der Waals surface area contributed by atoms with Crippen LogP contribution >= 0.6 is 11.8 Å². The Morgan fingerprint density at radius 2 is 1.92 bits per heavy atom. The molecule has 0 saturated carbocycles. The van der Waals surface area contributed by atoms with Gasteiger partial charge in [-0.05, 0) is 44.9 Å². The molecule has 7 heteroatoms. The van der Waals surface area contributed by atoms with Gasteiger partial charge in [0.05, 0.1) is 17.1 Å². The van der Waals surface area contributed by atoms with E-state index in [4.69, 9.17) is 0 Å². The number of benzene rings is 1. The number of H-pyrrole nitrogens is 1. The number of hydrogen-bond donors (Lipinski definition) is 1. The van der Waals surface area contributed by atoms with E-state index < -0.39 is 0 Å². The molecule has 1 aromatic carbocycles. The van der Waals surface area contributed by atoms with E-state index in [1.807, 2.05) is 42.7 Å². The summed E-state index contributed by atoms with van der Waals surface area (Å²) >= 11 is 1.33.